The van der Waals surface area contributed by atoms with Crippen LogP contribution in [-0.2, 0) is 15.5 Å². The number of hydrogen-bond acceptors (Lipinski definition) is 2. The van der Waals surface area contributed by atoms with Crippen LogP contribution in [0, 0.1) is 0 Å². The molecule has 1 aromatic rings. The van der Waals surface area contributed by atoms with Crippen LogP contribution in [0.2, 0.25) is 0 Å². The third-order valence-corrected chi connectivity index (χ3v) is 2.65. The van der Waals surface area contributed by atoms with E-state index in [0.717, 1.165) is 18.4 Å². The molecule has 1 atom stereocenters. The molecule has 0 aliphatic heterocycles. The lowest BCUT2D eigenvalue weighted by Gasteiger charge is -2.05. The summed E-state index contributed by atoms with van der Waals surface area (Å²) in [5, 5.41) is 0. The second kappa shape index (κ2) is 3.38. The Kier molecular flexibility index (Phi) is 2.23. The monoisotopic (exact) mass is 196 g/mol. The Morgan fingerprint density at radius 3 is 3.00 bits per heavy atom. The van der Waals surface area contributed by atoms with E-state index in [1.165, 1.54) is 5.56 Å². The highest BCUT2D eigenvalue weighted by Crippen LogP contribution is 2.33. The third kappa shape index (κ3) is 1.42. The van der Waals surface area contributed by atoms with Crippen LogP contribution in [0.4, 0.5) is 0 Å². The summed E-state index contributed by atoms with van der Waals surface area (Å²) in [6.07, 6.45) is 1.75. The molecule has 0 fully saturated rings. The van der Waals surface area contributed by atoms with Gasteiger partial charge in [-0.25, -0.2) is 4.79 Å². The van der Waals surface area contributed by atoms with Crippen molar-refractivity contribution in [1.82, 2.24) is 0 Å². The molecular formula is C10H9ClO2. The Morgan fingerprint density at radius 1 is 1.46 bits per heavy atom. The molecular weight excluding hydrogens is 188 g/mol. The zero-order chi connectivity index (χ0) is 9.26. The van der Waals surface area contributed by atoms with Gasteiger partial charge in [-0.15, -0.1) is 0 Å². The Hall–Kier alpha value is -1.02. The highest BCUT2D eigenvalue weighted by Gasteiger charge is 2.29. The summed E-state index contributed by atoms with van der Waals surface area (Å²) >= 11 is 5.05. The minimum atomic E-state index is -0.341. The van der Waals surface area contributed by atoms with Crippen molar-refractivity contribution in [2.45, 2.75) is 18.8 Å². The Labute approximate surface area is 81.6 Å². The fourth-order valence-corrected chi connectivity index (χ4v) is 1.96. The number of carbonyl (C=O) groups is 1. The summed E-state index contributed by atoms with van der Waals surface area (Å²) in [5.41, 5.74) is 2.29. The van der Waals surface area contributed by atoms with Gasteiger partial charge in [-0.1, -0.05) is 24.3 Å². The minimum Gasteiger partial charge on any atom is -0.347 e. The van der Waals surface area contributed by atoms with Crippen LogP contribution in [0.3, 0.4) is 0 Å². The number of carbonyl (C=O) groups excluding carboxylic acids is 1. The number of hydrogen-bond donors (Lipinski definition) is 0. The van der Waals surface area contributed by atoms with Gasteiger partial charge in [0.1, 0.15) is 11.9 Å². The van der Waals surface area contributed by atoms with Crippen molar-refractivity contribution in [3.05, 3.63) is 35.4 Å². The van der Waals surface area contributed by atoms with Crippen molar-refractivity contribution in [3.63, 3.8) is 0 Å². The first-order valence-electron chi connectivity index (χ1n) is 4.23. The topological polar surface area (TPSA) is 26.3 Å². The quantitative estimate of drug-likeness (QED) is 0.690. The van der Waals surface area contributed by atoms with Gasteiger partial charge in [0, 0.05) is 0 Å². The van der Waals surface area contributed by atoms with Gasteiger partial charge in [0.2, 0.25) is 0 Å². The maximum atomic E-state index is 11.2. The van der Waals surface area contributed by atoms with Crippen molar-refractivity contribution in [2.75, 3.05) is 0 Å². The van der Waals surface area contributed by atoms with E-state index >= 15 is 0 Å². The normalized spacial score (nSPS) is 19.6. The molecule has 0 N–H and O–H groups in total. The summed E-state index contributed by atoms with van der Waals surface area (Å²) in [7, 11) is 0. The fraction of sp³-hybridized carbons (Fsp3) is 0.300. The molecule has 0 spiro atoms. The standard InChI is InChI=1S/C10H9ClO2/c11-13-10(12)9-6-5-7-3-1-2-4-8(7)9/h1-4,9H,5-6H2. The summed E-state index contributed by atoms with van der Waals surface area (Å²) in [6.45, 7) is 0. The van der Waals surface area contributed by atoms with Crippen LogP contribution in [0.5, 0.6) is 0 Å². The van der Waals surface area contributed by atoms with Gasteiger partial charge < -0.3 is 4.29 Å². The Bertz CT molecular complexity index is 335. The van der Waals surface area contributed by atoms with Gasteiger partial charge in [-0.05, 0) is 24.0 Å². The molecule has 0 saturated carbocycles. The molecule has 1 aliphatic rings. The molecule has 2 rings (SSSR count). The molecule has 2 nitrogen and oxygen atoms in total. The third-order valence-electron chi connectivity index (χ3n) is 2.49. The zero-order valence-corrected chi connectivity index (χ0v) is 7.75. The number of halogens is 1. The van der Waals surface area contributed by atoms with Crippen molar-refractivity contribution in [3.8, 4) is 0 Å². The van der Waals surface area contributed by atoms with E-state index < -0.39 is 0 Å². The maximum absolute atomic E-state index is 11.2. The summed E-state index contributed by atoms with van der Waals surface area (Å²) < 4.78 is 4.22. The lowest BCUT2D eigenvalue weighted by molar-refractivity contribution is -0.135. The predicted molar refractivity (Wildman–Crippen MR) is 49.4 cm³/mol. The van der Waals surface area contributed by atoms with Gasteiger partial charge in [-0.2, -0.15) is 0 Å². The molecule has 13 heavy (non-hydrogen) atoms. The highest BCUT2D eigenvalue weighted by atomic mass is 35.5. The van der Waals surface area contributed by atoms with Crippen LogP contribution in [0.1, 0.15) is 23.5 Å². The summed E-state index contributed by atoms with van der Waals surface area (Å²) in [6, 6.07) is 7.91. The largest absolute Gasteiger partial charge is 0.347 e. The maximum Gasteiger partial charge on any atom is 0.332 e. The summed E-state index contributed by atoms with van der Waals surface area (Å²) in [5.74, 6) is -0.500. The average molecular weight is 197 g/mol. The van der Waals surface area contributed by atoms with Crippen LogP contribution in [-0.4, -0.2) is 5.97 Å². The first-order chi connectivity index (χ1) is 6.33. The first kappa shape index (κ1) is 8.57. The molecule has 0 saturated heterocycles. The lowest BCUT2D eigenvalue weighted by Crippen LogP contribution is -2.08. The molecule has 0 heterocycles. The van der Waals surface area contributed by atoms with Gasteiger partial charge >= 0.3 is 5.97 Å². The fourth-order valence-electron chi connectivity index (χ4n) is 1.86. The number of benzene rings is 1. The first-order valence-corrected chi connectivity index (χ1v) is 4.54. The van der Waals surface area contributed by atoms with E-state index in [1.807, 2.05) is 24.3 Å². The van der Waals surface area contributed by atoms with Crippen LogP contribution < -0.4 is 0 Å². The molecule has 1 aromatic carbocycles. The van der Waals surface area contributed by atoms with E-state index in [4.69, 9.17) is 11.9 Å². The predicted octanol–water partition coefficient (Wildman–Crippen LogP) is 2.41. The van der Waals surface area contributed by atoms with Crippen molar-refractivity contribution >= 4 is 17.8 Å². The number of aryl methyl sites for hydroxylation is 1. The lowest BCUT2D eigenvalue weighted by atomic mass is 10.0. The van der Waals surface area contributed by atoms with Crippen molar-refractivity contribution < 1.29 is 9.08 Å². The molecule has 0 bridgehead atoms. The van der Waals surface area contributed by atoms with E-state index in [9.17, 15) is 4.79 Å². The molecule has 68 valence electrons. The number of fused-ring (bicyclic) bond motifs is 1. The minimum absolute atomic E-state index is 0.159. The molecule has 0 amide bonds. The van der Waals surface area contributed by atoms with Crippen molar-refractivity contribution in [2.24, 2.45) is 0 Å². The molecule has 0 radical (unpaired) electrons. The Morgan fingerprint density at radius 2 is 2.23 bits per heavy atom. The van der Waals surface area contributed by atoms with Crippen LogP contribution >= 0.6 is 11.9 Å². The zero-order valence-electron chi connectivity index (χ0n) is 7.00. The molecule has 3 heteroatoms. The second-order valence-corrected chi connectivity index (χ2v) is 3.34. The number of rotatable bonds is 1. The van der Waals surface area contributed by atoms with Gasteiger partial charge in [-0.3, -0.25) is 0 Å². The van der Waals surface area contributed by atoms with Crippen LogP contribution in [0.25, 0.3) is 0 Å². The smallest absolute Gasteiger partial charge is 0.332 e. The second-order valence-electron chi connectivity index (χ2n) is 3.19. The van der Waals surface area contributed by atoms with E-state index in [2.05, 4.69) is 4.29 Å². The summed E-state index contributed by atoms with van der Waals surface area (Å²) in [4.78, 5) is 11.2. The highest BCUT2D eigenvalue weighted by molar-refractivity contribution is 6.13. The van der Waals surface area contributed by atoms with Gasteiger partial charge in [0.25, 0.3) is 0 Å². The Balaban J connectivity index is 2.33. The van der Waals surface area contributed by atoms with Gasteiger partial charge in [0.05, 0.1) is 5.92 Å². The van der Waals surface area contributed by atoms with Crippen LogP contribution in [0.15, 0.2) is 24.3 Å². The van der Waals surface area contributed by atoms with E-state index in [-0.39, 0.29) is 11.9 Å². The van der Waals surface area contributed by atoms with E-state index in [0.29, 0.717) is 0 Å². The molecule has 0 aromatic heterocycles. The molecule has 1 unspecified atom stereocenters. The van der Waals surface area contributed by atoms with Gasteiger partial charge in [0.15, 0.2) is 0 Å². The SMILES string of the molecule is O=C(OCl)C1CCc2ccccc21. The molecule has 1 aliphatic carbocycles. The average Bonchev–Trinajstić information content (AvgIpc) is 2.60. The van der Waals surface area contributed by atoms with Crippen molar-refractivity contribution in [1.29, 1.82) is 0 Å². The van der Waals surface area contributed by atoms with E-state index in [1.54, 1.807) is 0 Å².